The van der Waals surface area contributed by atoms with Crippen molar-refractivity contribution >= 4 is 43.4 Å². The maximum Gasteiger partial charge on any atom is 0.173 e. The lowest BCUT2D eigenvalue weighted by Gasteiger charge is -2.13. The summed E-state index contributed by atoms with van der Waals surface area (Å²) in [4.78, 5) is 23.4. The molecule has 0 fully saturated rings. The molecule has 2 unspecified atom stereocenters. The van der Waals surface area contributed by atoms with Gasteiger partial charge in [-0.3, -0.25) is 9.59 Å². The number of alkyl halides is 2. The third-order valence-corrected chi connectivity index (χ3v) is 6.14. The van der Waals surface area contributed by atoms with Crippen molar-refractivity contribution in [3.63, 3.8) is 0 Å². The van der Waals surface area contributed by atoms with Gasteiger partial charge in [-0.1, -0.05) is 31.9 Å². The number of hydrogen-bond donors (Lipinski definition) is 4. The predicted octanol–water partition coefficient (Wildman–Crippen LogP) is 3.23. The van der Waals surface area contributed by atoms with Gasteiger partial charge in [0, 0.05) is 11.1 Å². The van der Waals surface area contributed by atoms with Crippen molar-refractivity contribution in [2.24, 2.45) is 0 Å². The Kier molecular flexibility index (Phi) is 14.4. The summed E-state index contributed by atoms with van der Waals surface area (Å²) in [5.41, 5.74) is 4.76. The normalized spacial score (nSPS) is 12.3. The van der Waals surface area contributed by atoms with E-state index in [1.807, 2.05) is 27.7 Å². The van der Waals surface area contributed by atoms with Crippen LogP contribution < -0.4 is 9.47 Å². The number of carbonyl (C=O) groups excluding carboxylic acids is 2. The molecule has 2 atom stereocenters. The fraction of sp³-hybridized carbons (Fsp3) is 0.462. The molecule has 0 aliphatic rings. The highest BCUT2D eigenvalue weighted by Gasteiger charge is 2.14. The number of ether oxygens (including phenoxy) is 2. The lowest BCUT2D eigenvalue weighted by Crippen LogP contribution is -2.21. The summed E-state index contributed by atoms with van der Waals surface area (Å²) in [7, 11) is 0. The zero-order valence-electron chi connectivity index (χ0n) is 20.9. The second-order valence-corrected chi connectivity index (χ2v) is 9.39. The highest BCUT2D eigenvalue weighted by molar-refractivity contribution is 9.09. The summed E-state index contributed by atoms with van der Waals surface area (Å²) in [5.74, 6) is 1.24. The summed E-state index contributed by atoms with van der Waals surface area (Å²) < 4.78 is 10.7. The number of ketones is 2. The Bertz CT molecular complexity index is 897. The first-order valence-electron chi connectivity index (χ1n) is 11.2. The first-order chi connectivity index (χ1) is 17.0. The molecule has 2 aromatic rings. The highest BCUT2D eigenvalue weighted by Crippen LogP contribution is 2.24. The predicted molar refractivity (Wildman–Crippen MR) is 145 cm³/mol. The van der Waals surface area contributed by atoms with Crippen molar-refractivity contribution in [3.8, 4) is 11.5 Å². The Morgan fingerprint density at radius 2 is 0.972 bits per heavy atom. The van der Waals surface area contributed by atoms with Crippen LogP contribution in [0.1, 0.15) is 43.0 Å². The first kappa shape index (κ1) is 32.2. The minimum Gasteiger partial charge on any atom is -0.491 e. The number of aryl methyl sites for hydroxylation is 4. The molecule has 2 aromatic carbocycles. The quantitative estimate of drug-likeness (QED) is 0.207. The van der Waals surface area contributed by atoms with Crippen molar-refractivity contribution in [2.45, 2.75) is 39.9 Å². The van der Waals surface area contributed by atoms with E-state index in [0.29, 0.717) is 22.6 Å². The van der Waals surface area contributed by atoms with E-state index in [9.17, 15) is 19.8 Å². The Morgan fingerprint density at radius 1 is 0.694 bits per heavy atom. The Morgan fingerprint density at radius 3 is 1.19 bits per heavy atom. The molecule has 0 aliphatic carbocycles. The van der Waals surface area contributed by atoms with E-state index in [2.05, 4.69) is 31.9 Å². The fourth-order valence-corrected chi connectivity index (χ4v) is 4.08. The summed E-state index contributed by atoms with van der Waals surface area (Å²) >= 11 is 6.31. The van der Waals surface area contributed by atoms with Gasteiger partial charge in [-0.05, 0) is 74.2 Å². The van der Waals surface area contributed by atoms with Gasteiger partial charge in [0.25, 0.3) is 0 Å². The van der Waals surface area contributed by atoms with E-state index in [-0.39, 0.29) is 48.7 Å². The second kappa shape index (κ2) is 16.1. The molecule has 0 aliphatic heterocycles. The van der Waals surface area contributed by atoms with E-state index in [1.54, 1.807) is 24.3 Å². The number of hydrogen-bond acceptors (Lipinski definition) is 8. The van der Waals surface area contributed by atoms with Crippen LogP contribution in [0, 0.1) is 27.7 Å². The van der Waals surface area contributed by atoms with Crippen LogP contribution in [0.15, 0.2) is 24.3 Å². The average molecular weight is 634 g/mol. The number of carbonyl (C=O) groups is 2. The van der Waals surface area contributed by atoms with E-state index < -0.39 is 12.2 Å². The number of Topliss-reactive ketones (excluding diaryl/α,β-unsaturated/α-hetero) is 2. The monoisotopic (exact) mass is 632 g/mol. The van der Waals surface area contributed by atoms with Gasteiger partial charge in [0.2, 0.25) is 0 Å². The zero-order chi connectivity index (χ0) is 27.4. The molecule has 0 aromatic heterocycles. The molecule has 0 heterocycles. The largest absolute Gasteiger partial charge is 0.491 e. The van der Waals surface area contributed by atoms with Gasteiger partial charge in [-0.25, -0.2) is 0 Å². The number of benzene rings is 2. The van der Waals surface area contributed by atoms with Crippen LogP contribution in [-0.4, -0.2) is 81.3 Å². The van der Waals surface area contributed by atoms with Gasteiger partial charge in [-0.15, -0.1) is 0 Å². The second-order valence-electron chi connectivity index (χ2n) is 8.27. The van der Waals surface area contributed by atoms with Crippen molar-refractivity contribution < 1.29 is 39.5 Å². The lowest BCUT2D eigenvalue weighted by molar-refractivity contribution is 0.0535. The van der Waals surface area contributed by atoms with Gasteiger partial charge in [0.05, 0.1) is 23.9 Å². The zero-order valence-corrected chi connectivity index (χ0v) is 24.1. The molecule has 4 N–H and O–H groups in total. The fourth-order valence-electron chi connectivity index (χ4n) is 3.52. The Hall–Kier alpha value is -1.82. The molecule has 0 spiro atoms. The molecule has 0 radical (unpaired) electrons. The van der Waals surface area contributed by atoms with Crippen molar-refractivity contribution in [2.75, 3.05) is 37.1 Å². The molecule has 0 saturated carbocycles. The summed E-state index contributed by atoms with van der Waals surface area (Å²) in [6.07, 6.45) is -1.79. The third-order valence-electron chi connectivity index (χ3n) is 5.12. The van der Waals surface area contributed by atoms with E-state index >= 15 is 0 Å². The van der Waals surface area contributed by atoms with E-state index in [1.165, 1.54) is 0 Å². The third kappa shape index (κ3) is 9.91. The van der Waals surface area contributed by atoms with Crippen LogP contribution in [0.4, 0.5) is 0 Å². The molecule has 2 rings (SSSR count). The van der Waals surface area contributed by atoms with Gasteiger partial charge < -0.3 is 29.9 Å². The molecule has 0 saturated heterocycles. The van der Waals surface area contributed by atoms with Crippen LogP contribution in [0.25, 0.3) is 0 Å². The maximum atomic E-state index is 11.7. The Labute approximate surface area is 228 Å². The highest BCUT2D eigenvalue weighted by atomic mass is 79.9. The van der Waals surface area contributed by atoms with Crippen molar-refractivity contribution in [1.82, 2.24) is 0 Å². The summed E-state index contributed by atoms with van der Waals surface area (Å²) in [5, 5.41) is 36.4. The summed E-state index contributed by atoms with van der Waals surface area (Å²) in [6.45, 7) is 6.77. The molecule has 200 valence electrons. The average Bonchev–Trinajstić information content (AvgIpc) is 2.84. The van der Waals surface area contributed by atoms with E-state index in [4.69, 9.17) is 19.7 Å². The summed E-state index contributed by atoms with van der Waals surface area (Å²) in [6, 6.07) is 7.03. The number of aliphatic hydroxyl groups excluding tert-OH is 4. The topological polar surface area (TPSA) is 134 Å². The molecular formula is C26H34Br2O8. The molecular weight excluding hydrogens is 600 g/mol. The van der Waals surface area contributed by atoms with Gasteiger partial charge in [0.15, 0.2) is 11.6 Å². The van der Waals surface area contributed by atoms with Gasteiger partial charge in [-0.2, -0.15) is 0 Å². The van der Waals surface area contributed by atoms with E-state index in [0.717, 1.165) is 22.3 Å². The van der Waals surface area contributed by atoms with Crippen LogP contribution in [0.5, 0.6) is 11.5 Å². The number of aliphatic hydroxyl groups is 4. The Balaban J connectivity index is 0.000000360. The number of halogens is 2. The first-order valence-corrected chi connectivity index (χ1v) is 13.5. The minimum atomic E-state index is -0.894. The lowest BCUT2D eigenvalue weighted by atomic mass is 9.99. The van der Waals surface area contributed by atoms with Crippen molar-refractivity contribution in [3.05, 3.63) is 57.6 Å². The van der Waals surface area contributed by atoms with Gasteiger partial charge >= 0.3 is 0 Å². The molecule has 0 bridgehead atoms. The van der Waals surface area contributed by atoms with Crippen LogP contribution in [-0.2, 0) is 0 Å². The molecule has 36 heavy (non-hydrogen) atoms. The van der Waals surface area contributed by atoms with Crippen molar-refractivity contribution in [1.29, 1.82) is 0 Å². The standard InChI is InChI=1S/2C13H17BrO4/c2*1-8-3-11(18-7-10(16)6-15)4-9(2)13(8)12(17)5-14/h2*3-4,10,15-16H,5-7H2,1-2H3. The SMILES string of the molecule is Cc1cc(OCC(O)CO)cc(C)c1C(=O)CBr.Cc1cc(OCC(O)CO)cc(C)c1C(=O)CBr. The van der Waals surface area contributed by atoms with Crippen LogP contribution in [0.3, 0.4) is 0 Å². The maximum absolute atomic E-state index is 11.7. The molecule has 8 nitrogen and oxygen atoms in total. The van der Waals surface area contributed by atoms with Crippen LogP contribution >= 0.6 is 31.9 Å². The molecule has 10 heteroatoms. The smallest absolute Gasteiger partial charge is 0.173 e. The van der Waals surface area contributed by atoms with Gasteiger partial charge in [0.1, 0.15) is 36.9 Å². The minimum absolute atomic E-state index is 0.0289. The van der Waals surface area contributed by atoms with Crippen LogP contribution in [0.2, 0.25) is 0 Å². The number of rotatable bonds is 12. The molecule has 0 amide bonds.